The van der Waals surface area contributed by atoms with E-state index in [1.54, 1.807) is 22.8 Å². The summed E-state index contributed by atoms with van der Waals surface area (Å²) >= 11 is 0. The summed E-state index contributed by atoms with van der Waals surface area (Å²) in [4.78, 5) is 14.2. The monoisotopic (exact) mass is 353 g/mol. The maximum atomic E-state index is 13.9. The predicted molar refractivity (Wildman–Crippen MR) is 97.6 cm³/mol. The summed E-state index contributed by atoms with van der Waals surface area (Å²) in [5.41, 5.74) is 2.52. The fourth-order valence-electron chi connectivity index (χ4n) is 3.34. The largest absolute Gasteiger partial charge is 0.367 e. The minimum absolute atomic E-state index is 0.00138. The maximum absolute atomic E-state index is 13.9. The van der Waals surface area contributed by atoms with Gasteiger partial charge in [-0.3, -0.25) is 0 Å². The van der Waals surface area contributed by atoms with Crippen LogP contribution in [0.3, 0.4) is 0 Å². The molecule has 1 fully saturated rings. The lowest BCUT2D eigenvalue weighted by Crippen LogP contribution is -2.43. The van der Waals surface area contributed by atoms with Crippen LogP contribution in [-0.2, 0) is 6.54 Å². The van der Waals surface area contributed by atoms with Gasteiger partial charge >= 0.3 is 6.03 Å². The van der Waals surface area contributed by atoms with Crippen LogP contribution < -0.4 is 15.5 Å². The van der Waals surface area contributed by atoms with E-state index in [0.717, 1.165) is 24.0 Å². The molecule has 1 aliphatic heterocycles. The van der Waals surface area contributed by atoms with Crippen LogP contribution >= 0.6 is 0 Å². The molecule has 1 atom stereocenters. The summed E-state index contributed by atoms with van der Waals surface area (Å²) in [5, 5.41) is 10.1. The molecule has 0 aliphatic carbocycles. The number of benzene rings is 1. The summed E-state index contributed by atoms with van der Waals surface area (Å²) < 4.78 is 15.7. The Hall–Kier alpha value is -3.09. The molecular formula is C19H20FN5O. The molecule has 7 heteroatoms. The van der Waals surface area contributed by atoms with Gasteiger partial charge in [-0.15, -0.1) is 0 Å². The van der Waals surface area contributed by atoms with Crippen LogP contribution in [0, 0.1) is 5.82 Å². The van der Waals surface area contributed by atoms with E-state index in [9.17, 15) is 9.18 Å². The van der Waals surface area contributed by atoms with E-state index in [1.807, 2.05) is 35.4 Å². The second kappa shape index (κ2) is 7.03. The lowest BCUT2D eigenvalue weighted by molar-refractivity contribution is 0.237. The Bertz CT molecular complexity index is 925. The second-order valence-corrected chi connectivity index (χ2v) is 6.41. The minimum Gasteiger partial charge on any atom is -0.367 e. The Labute approximate surface area is 150 Å². The minimum atomic E-state index is -0.231. The molecule has 1 unspecified atom stereocenters. The number of aromatic nitrogens is 2. The topological polar surface area (TPSA) is 61.7 Å². The van der Waals surface area contributed by atoms with Crippen LogP contribution in [0.4, 0.5) is 14.9 Å². The van der Waals surface area contributed by atoms with Gasteiger partial charge in [0.2, 0.25) is 0 Å². The number of hydrogen-bond acceptors (Lipinski definition) is 3. The first-order valence-electron chi connectivity index (χ1n) is 8.66. The number of hydrogen-bond donors (Lipinski definition) is 2. The van der Waals surface area contributed by atoms with Gasteiger partial charge < -0.3 is 15.5 Å². The zero-order chi connectivity index (χ0) is 17.9. The van der Waals surface area contributed by atoms with Crippen LogP contribution in [0.15, 0.2) is 54.9 Å². The highest BCUT2D eigenvalue weighted by atomic mass is 19.1. The standard InChI is InChI=1S/C19H20FN5O/c20-16-5-1-2-7-18(16)24-10-8-15(13-24)23-19(26)21-11-14-12-22-25-9-4-3-6-17(14)25/h1-7,9,12,15H,8,10-11,13H2,(H2,21,23,26). The Morgan fingerprint density at radius 3 is 2.96 bits per heavy atom. The Morgan fingerprint density at radius 2 is 2.08 bits per heavy atom. The van der Waals surface area contributed by atoms with Crippen molar-refractivity contribution >= 4 is 17.2 Å². The van der Waals surface area contributed by atoms with Crippen molar-refractivity contribution in [3.05, 3.63) is 66.2 Å². The smallest absolute Gasteiger partial charge is 0.315 e. The molecule has 2 amide bonds. The Balaban J connectivity index is 1.31. The van der Waals surface area contributed by atoms with Gasteiger partial charge in [0.1, 0.15) is 5.82 Å². The molecule has 134 valence electrons. The molecule has 6 nitrogen and oxygen atoms in total. The number of pyridine rings is 1. The molecule has 0 saturated carbocycles. The zero-order valence-electron chi connectivity index (χ0n) is 14.2. The van der Waals surface area contributed by atoms with Gasteiger partial charge in [0.25, 0.3) is 0 Å². The molecular weight excluding hydrogens is 333 g/mol. The van der Waals surface area contributed by atoms with Gasteiger partial charge in [-0.2, -0.15) is 5.10 Å². The fraction of sp³-hybridized carbons (Fsp3) is 0.263. The predicted octanol–water partition coefficient (Wildman–Crippen LogP) is 2.55. The van der Waals surface area contributed by atoms with Crippen molar-refractivity contribution in [3.63, 3.8) is 0 Å². The van der Waals surface area contributed by atoms with Gasteiger partial charge in [0.05, 0.1) is 17.4 Å². The molecule has 2 N–H and O–H groups in total. The van der Waals surface area contributed by atoms with Crippen molar-refractivity contribution in [2.75, 3.05) is 18.0 Å². The SMILES string of the molecule is O=C(NCc1cnn2ccccc12)NC1CCN(c2ccccc2F)C1. The number of amides is 2. The molecule has 3 aromatic rings. The van der Waals surface area contributed by atoms with E-state index < -0.39 is 0 Å². The molecule has 26 heavy (non-hydrogen) atoms. The van der Waals surface area contributed by atoms with Gasteiger partial charge in [-0.05, 0) is 30.7 Å². The Morgan fingerprint density at radius 1 is 1.23 bits per heavy atom. The number of para-hydroxylation sites is 1. The van der Waals surface area contributed by atoms with Crippen molar-refractivity contribution in [1.29, 1.82) is 0 Å². The second-order valence-electron chi connectivity index (χ2n) is 6.41. The summed E-state index contributed by atoms with van der Waals surface area (Å²) in [7, 11) is 0. The number of halogens is 1. The van der Waals surface area contributed by atoms with Crippen LogP contribution in [0.2, 0.25) is 0 Å². The van der Waals surface area contributed by atoms with E-state index in [-0.39, 0.29) is 17.9 Å². The molecule has 3 heterocycles. The quantitative estimate of drug-likeness (QED) is 0.758. The Kier molecular flexibility index (Phi) is 4.43. The molecule has 0 bridgehead atoms. The number of rotatable bonds is 4. The third kappa shape index (κ3) is 3.33. The molecule has 0 spiro atoms. The molecule has 1 saturated heterocycles. The number of fused-ring (bicyclic) bond motifs is 1. The van der Waals surface area contributed by atoms with Crippen LogP contribution in [-0.4, -0.2) is 34.8 Å². The summed E-state index contributed by atoms with van der Waals surface area (Å²) in [6.07, 6.45) is 4.41. The molecule has 0 radical (unpaired) electrons. The lowest BCUT2D eigenvalue weighted by Gasteiger charge is -2.19. The number of carbonyl (C=O) groups is 1. The van der Waals surface area contributed by atoms with Crippen LogP contribution in [0.25, 0.3) is 5.52 Å². The maximum Gasteiger partial charge on any atom is 0.315 e. The number of carbonyl (C=O) groups excluding carboxylic acids is 1. The van der Waals surface area contributed by atoms with Gasteiger partial charge in [-0.1, -0.05) is 18.2 Å². The van der Waals surface area contributed by atoms with Crippen molar-refractivity contribution in [2.24, 2.45) is 0 Å². The third-order valence-electron chi connectivity index (χ3n) is 4.66. The highest BCUT2D eigenvalue weighted by molar-refractivity contribution is 5.74. The fourth-order valence-corrected chi connectivity index (χ4v) is 3.34. The van der Waals surface area contributed by atoms with Crippen molar-refractivity contribution < 1.29 is 9.18 Å². The third-order valence-corrected chi connectivity index (χ3v) is 4.66. The van der Waals surface area contributed by atoms with Crippen molar-refractivity contribution in [3.8, 4) is 0 Å². The van der Waals surface area contributed by atoms with E-state index in [2.05, 4.69) is 15.7 Å². The summed E-state index contributed by atoms with van der Waals surface area (Å²) in [5.74, 6) is -0.231. The first kappa shape index (κ1) is 16.4. The van der Waals surface area contributed by atoms with Crippen molar-refractivity contribution in [2.45, 2.75) is 19.0 Å². The molecule has 4 rings (SSSR count). The number of urea groups is 1. The van der Waals surface area contributed by atoms with E-state index in [1.165, 1.54) is 6.07 Å². The van der Waals surface area contributed by atoms with Crippen LogP contribution in [0.1, 0.15) is 12.0 Å². The van der Waals surface area contributed by atoms with Gasteiger partial charge in [0.15, 0.2) is 0 Å². The highest BCUT2D eigenvalue weighted by Gasteiger charge is 2.25. The molecule has 1 aromatic carbocycles. The molecule has 1 aliphatic rings. The van der Waals surface area contributed by atoms with Gasteiger partial charge in [0, 0.05) is 37.4 Å². The average Bonchev–Trinajstić information content (AvgIpc) is 3.27. The summed E-state index contributed by atoms with van der Waals surface area (Å²) in [6.45, 7) is 1.73. The number of nitrogens with one attached hydrogen (secondary N) is 2. The number of anilines is 1. The van der Waals surface area contributed by atoms with E-state index >= 15 is 0 Å². The lowest BCUT2D eigenvalue weighted by atomic mass is 10.2. The normalized spacial score (nSPS) is 16.8. The van der Waals surface area contributed by atoms with Gasteiger partial charge in [-0.25, -0.2) is 13.7 Å². The molecule has 2 aromatic heterocycles. The summed E-state index contributed by atoms with van der Waals surface area (Å²) in [6, 6.07) is 12.3. The first-order chi connectivity index (χ1) is 12.7. The van der Waals surface area contributed by atoms with Crippen LogP contribution in [0.5, 0.6) is 0 Å². The van der Waals surface area contributed by atoms with E-state index in [4.69, 9.17) is 0 Å². The van der Waals surface area contributed by atoms with Crippen molar-refractivity contribution in [1.82, 2.24) is 20.2 Å². The van der Waals surface area contributed by atoms with E-state index in [0.29, 0.717) is 18.8 Å². The zero-order valence-corrected chi connectivity index (χ0v) is 14.2. The highest BCUT2D eigenvalue weighted by Crippen LogP contribution is 2.23. The number of nitrogens with zero attached hydrogens (tertiary/aromatic N) is 3. The first-order valence-corrected chi connectivity index (χ1v) is 8.66. The average molecular weight is 353 g/mol.